The fraction of sp³-hybridized carbons (Fsp3) is 0.778. The molecule has 0 spiro atoms. The van der Waals surface area contributed by atoms with E-state index in [9.17, 15) is 19.8 Å². The van der Waals surface area contributed by atoms with Crippen molar-refractivity contribution in [3.63, 3.8) is 0 Å². The van der Waals surface area contributed by atoms with E-state index in [-0.39, 0.29) is 17.8 Å². The highest BCUT2D eigenvalue weighted by atomic mass is 16.4. The number of hydrogen-bond donors (Lipinski definition) is 2. The van der Waals surface area contributed by atoms with Crippen molar-refractivity contribution in [1.82, 2.24) is 0 Å². The van der Waals surface area contributed by atoms with Crippen LogP contribution in [0.3, 0.4) is 0 Å². The minimum Gasteiger partial charge on any atom is -0.481 e. The first-order valence-corrected chi connectivity index (χ1v) is 12.2. The molecule has 0 aromatic heterocycles. The molecule has 0 unspecified atom stereocenters. The zero-order valence-corrected chi connectivity index (χ0v) is 20.2. The Hall–Kier alpha value is -1.58. The first kappa shape index (κ1) is 24.1. The highest BCUT2D eigenvalue weighted by Crippen LogP contribution is 2.65. The van der Waals surface area contributed by atoms with Crippen molar-refractivity contribution in [2.75, 3.05) is 0 Å². The molecule has 0 amide bonds. The highest BCUT2D eigenvalue weighted by molar-refractivity contribution is 5.75. The number of fused-ring (bicyclic) bond motifs is 3. The first-order valence-electron chi connectivity index (χ1n) is 12.2. The molecule has 2 saturated carbocycles. The van der Waals surface area contributed by atoms with Crippen LogP contribution in [0, 0.1) is 52.3 Å². The molecule has 174 valence electrons. The largest absolute Gasteiger partial charge is 0.481 e. The summed E-state index contributed by atoms with van der Waals surface area (Å²) in [6.07, 6.45) is 11.7. The van der Waals surface area contributed by atoms with Crippen LogP contribution in [0.25, 0.3) is 0 Å². The second-order valence-corrected chi connectivity index (χ2v) is 11.6. The number of carbonyl (C=O) groups is 2. The van der Waals surface area contributed by atoms with Crippen molar-refractivity contribution >= 4 is 11.9 Å². The standard InChI is InChI=1S/C27H42O4/c1-16(2)17(3)7-8-18(4)20-11-12-21-19-9-10-23(25(30)31)27(6,15-24(28)29)22(19)13-14-26(20,21)5/h7-9,16-18,20-23H,10-15H2,1-6H3,(H,28,29)(H,30,31)/b8-7+/t17-,18+,20-,21+,22+,23+,26+,27+/m0/s1. The molecular weight excluding hydrogens is 388 g/mol. The molecule has 31 heavy (non-hydrogen) atoms. The Morgan fingerprint density at radius 2 is 1.74 bits per heavy atom. The van der Waals surface area contributed by atoms with Crippen LogP contribution in [0.4, 0.5) is 0 Å². The van der Waals surface area contributed by atoms with Gasteiger partial charge in [-0.05, 0) is 78.4 Å². The summed E-state index contributed by atoms with van der Waals surface area (Å²) in [5, 5.41) is 19.4. The van der Waals surface area contributed by atoms with Crippen molar-refractivity contribution < 1.29 is 19.8 Å². The van der Waals surface area contributed by atoms with Gasteiger partial charge in [-0.2, -0.15) is 0 Å². The van der Waals surface area contributed by atoms with Crippen molar-refractivity contribution in [2.24, 2.45) is 52.3 Å². The molecule has 0 aliphatic heterocycles. The minimum absolute atomic E-state index is 0.0644. The van der Waals surface area contributed by atoms with E-state index in [2.05, 4.69) is 52.8 Å². The Morgan fingerprint density at radius 1 is 1.06 bits per heavy atom. The Kier molecular flexibility index (Phi) is 6.79. The Bertz CT molecular complexity index is 765. The number of carboxylic acid groups (broad SMARTS) is 2. The molecule has 2 N–H and O–H groups in total. The highest BCUT2D eigenvalue weighted by Gasteiger charge is 2.58. The fourth-order valence-electron chi connectivity index (χ4n) is 7.32. The van der Waals surface area contributed by atoms with Gasteiger partial charge >= 0.3 is 11.9 Å². The summed E-state index contributed by atoms with van der Waals surface area (Å²) in [6, 6.07) is 0. The minimum atomic E-state index is -0.884. The van der Waals surface area contributed by atoms with Gasteiger partial charge < -0.3 is 10.2 Å². The van der Waals surface area contributed by atoms with Crippen LogP contribution in [0.5, 0.6) is 0 Å². The molecule has 0 aromatic carbocycles. The van der Waals surface area contributed by atoms with Crippen LogP contribution in [0.2, 0.25) is 0 Å². The molecule has 3 aliphatic carbocycles. The second-order valence-electron chi connectivity index (χ2n) is 11.6. The third-order valence-electron chi connectivity index (χ3n) is 9.60. The molecule has 2 fully saturated rings. The lowest BCUT2D eigenvalue weighted by atomic mass is 9.49. The van der Waals surface area contributed by atoms with Gasteiger partial charge in [0.1, 0.15) is 0 Å². The molecule has 0 saturated heterocycles. The molecule has 8 atom stereocenters. The quantitative estimate of drug-likeness (QED) is 0.457. The maximum Gasteiger partial charge on any atom is 0.307 e. The lowest BCUT2D eigenvalue weighted by molar-refractivity contribution is -0.153. The van der Waals surface area contributed by atoms with Gasteiger partial charge in [-0.3, -0.25) is 9.59 Å². The van der Waals surface area contributed by atoms with E-state index >= 15 is 0 Å². The molecular formula is C27H42O4. The van der Waals surface area contributed by atoms with E-state index in [0.717, 1.165) is 19.3 Å². The molecule has 3 rings (SSSR count). The van der Waals surface area contributed by atoms with Crippen molar-refractivity contribution in [3.8, 4) is 0 Å². The molecule has 4 heteroatoms. The maximum absolute atomic E-state index is 12.0. The van der Waals surface area contributed by atoms with Gasteiger partial charge in [0.05, 0.1) is 12.3 Å². The van der Waals surface area contributed by atoms with Crippen molar-refractivity contribution in [1.29, 1.82) is 0 Å². The summed E-state index contributed by atoms with van der Waals surface area (Å²) in [5.41, 5.74) is 0.886. The lowest BCUT2D eigenvalue weighted by Gasteiger charge is -2.54. The van der Waals surface area contributed by atoms with E-state index in [1.807, 2.05) is 6.92 Å². The van der Waals surface area contributed by atoms with Gasteiger partial charge in [-0.15, -0.1) is 0 Å². The lowest BCUT2D eigenvalue weighted by Crippen LogP contribution is -2.50. The third-order valence-corrected chi connectivity index (χ3v) is 9.60. The monoisotopic (exact) mass is 430 g/mol. The van der Waals surface area contributed by atoms with E-state index in [4.69, 9.17) is 0 Å². The normalized spacial score (nSPS) is 39.6. The van der Waals surface area contributed by atoms with E-state index < -0.39 is 23.3 Å². The van der Waals surface area contributed by atoms with Crippen LogP contribution in [-0.2, 0) is 9.59 Å². The molecule has 4 nitrogen and oxygen atoms in total. The summed E-state index contributed by atoms with van der Waals surface area (Å²) in [6.45, 7) is 13.5. The maximum atomic E-state index is 12.0. The summed E-state index contributed by atoms with van der Waals surface area (Å²) in [4.78, 5) is 23.7. The predicted molar refractivity (Wildman–Crippen MR) is 124 cm³/mol. The van der Waals surface area contributed by atoms with Crippen LogP contribution in [0.1, 0.15) is 80.1 Å². The Morgan fingerprint density at radius 3 is 2.32 bits per heavy atom. The van der Waals surface area contributed by atoms with Crippen LogP contribution < -0.4 is 0 Å². The molecule has 0 aromatic rings. The molecule has 3 aliphatic rings. The number of carboxylic acids is 2. The number of allylic oxidation sites excluding steroid dienone is 4. The number of aliphatic carboxylic acids is 2. The number of rotatable bonds is 7. The van der Waals surface area contributed by atoms with Crippen LogP contribution >= 0.6 is 0 Å². The Labute approximate surface area is 188 Å². The zero-order valence-electron chi connectivity index (χ0n) is 20.2. The van der Waals surface area contributed by atoms with E-state index in [0.29, 0.717) is 36.0 Å². The first-order chi connectivity index (χ1) is 14.4. The predicted octanol–water partition coefficient (Wildman–Crippen LogP) is 6.43. The topological polar surface area (TPSA) is 74.6 Å². The van der Waals surface area contributed by atoms with Crippen LogP contribution in [-0.4, -0.2) is 22.2 Å². The van der Waals surface area contributed by atoms with Gasteiger partial charge in [-0.25, -0.2) is 0 Å². The van der Waals surface area contributed by atoms with Crippen LogP contribution in [0.15, 0.2) is 23.8 Å². The third kappa shape index (κ3) is 4.24. The molecule has 0 bridgehead atoms. The summed E-state index contributed by atoms with van der Waals surface area (Å²) >= 11 is 0. The summed E-state index contributed by atoms with van der Waals surface area (Å²) < 4.78 is 0. The summed E-state index contributed by atoms with van der Waals surface area (Å²) in [7, 11) is 0. The average Bonchev–Trinajstić information content (AvgIpc) is 3.02. The van der Waals surface area contributed by atoms with Gasteiger partial charge in [0.15, 0.2) is 0 Å². The van der Waals surface area contributed by atoms with Gasteiger partial charge in [0.25, 0.3) is 0 Å². The van der Waals surface area contributed by atoms with Crippen molar-refractivity contribution in [3.05, 3.63) is 23.8 Å². The summed E-state index contributed by atoms with van der Waals surface area (Å²) in [5.74, 6) is 0.548. The average molecular weight is 431 g/mol. The smallest absolute Gasteiger partial charge is 0.307 e. The van der Waals surface area contributed by atoms with Gasteiger partial charge in [0.2, 0.25) is 0 Å². The zero-order chi connectivity index (χ0) is 23.1. The Balaban J connectivity index is 1.87. The van der Waals surface area contributed by atoms with E-state index in [1.165, 1.54) is 12.0 Å². The van der Waals surface area contributed by atoms with Gasteiger partial charge in [-0.1, -0.05) is 65.3 Å². The van der Waals surface area contributed by atoms with Crippen molar-refractivity contribution in [2.45, 2.75) is 80.1 Å². The second kappa shape index (κ2) is 8.75. The SMILES string of the molecule is CC(C)[C@@H](C)/C=C/[C@@H](C)[C@@H]1CC[C@@H]2C3=CC[C@H](C(=O)O)[C@](C)(CC(=O)O)[C@@H]3CC[C@@]21C. The number of hydrogen-bond acceptors (Lipinski definition) is 2. The van der Waals surface area contributed by atoms with E-state index in [1.54, 1.807) is 0 Å². The molecule has 0 heterocycles. The fourth-order valence-corrected chi connectivity index (χ4v) is 7.32. The molecule has 0 radical (unpaired) electrons. The van der Waals surface area contributed by atoms with Gasteiger partial charge in [0, 0.05) is 0 Å².